The molecule has 7 heteroatoms. The van der Waals surface area contributed by atoms with Gasteiger partial charge >= 0.3 is 0 Å². The molecule has 0 saturated heterocycles. The van der Waals surface area contributed by atoms with Crippen LogP contribution in [0.1, 0.15) is 0 Å². The molecule has 0 N–H and O–H groups in total. The van der Waals surface area contributed by atoms with Crippen molar-refractivity contribution in [2.24, 2.45) is 0 Å². The molecule has 21 aromatic rings. The van der Waals surface area contributed by atoms with Gasteiger partial charge in [-0.1, -0.05) is 261 Å². The fourth-order valence-corrected chi connectivity index (χ4v) is 16.6. The Balaban J connectivity index is 0.764. The van der Waals surface area contributed by atoms with Gasteiger partial charge in [-0.15, -0.1) is 0 Å². The third kappa shape index (κ3) is 10.0. The third-order valence-electron chi connectivity index (χ3n) is 21.4. The number of rotatable bonds is 12. The zero-order valence-electron chi connectivity index (χ0n) is 57.5. The van der Waals surface area contributed by atoms with Crippen LogP contribution in [0.25, 0.3) is 200 Å². The van der Waals surface area contributed by atoms with Crippen LogP contribution in [0.3, 0.4) is 0 Å². The number of para-hydroxylation sites is 6. The number of hydrogen-bond acceptors (Lipinski definition) is 3. The van der Waals surface area contributed by atoms with Crippen LogP contribution < -0.4 is 0 Å². The van der Waals surface area contributed by atoms with Gasteiger partial charge in [-0.25, -0.2) is 4.98 Å². The minimum atomic E-state index is 0.503. The van der Waals surface area contributed by atoms with E-state index in [1.54, 1.807) is 0 Å². The van der Waals surface area contributed by atoms with Crippen molar-refractivity contribution in [3.05, 3.63) is 382 Å². The number of nitrogens with zero attached hydrogens (tertiary/aromatic N) is 7. The first-order valence-corrected chi connectivity index (χ1v) is 36.1. The first-order chi connectivity index (χ1) is 52.6. The van der Waals surface area contributed by atoms with Gasteiger partial charge in [-0.2, -0.15) is 9.97 Å². The number of fused-ring (bicyclic) bond motifs is 12. The van der Waals surface area contributed by atoms with Crippen molar-refractivity contribution in [2.75, 3.05) is 0 Å². The molecule has 0 saturated carbocycles. The van der Waals surface area contributed by atoms with Crippen molar-refractivity contribution in [1.29, 1.82) is 0 Å². The van der Waals surface area contributed by atoms with Crippen LogP contribution in [0.4, 0.5) is 0 Å². The lowest BCUT2D eigenvalue weighted by molar-refractivity contribution is 0.953. The summed E-state index contributed by atoms with van der Waals surface area (Å²) in [5.74, 6) is 1.59. The minimum Gasteiger partial charge on any atom is -0.309 e. The van der Waals surface area contributed by atoms with Crippen molar-refractivity contribution in [3.63, 3.8) is 0 Å². The molecule has 0 aliphatic heterocycles. The fraction of sp³-hybridized carbons (Fsp3) is 0. The van der Waals surface area contributed by atoms with Gasteiger partial charge in [0, 0.05) is 71.3 Å². The first-order valence-electron chi connectivity index (χ1n) is 36.1. The molecule has 0 fully saturated rings. The van der Waals surface area contributed by atoms with Gasteiger partial charge < -0.3 is 13.7 Å². The smallest absolute Gasteiger partial charge is 0.238 e. The molecule has 0 aliphatic rings. The van der Waals surface area contributed by atoms with Gasteiger partial charge in [-0.05, 0) is 188 Å². The van der Waals surface area contributed by atoms with Crippen LogP contribution in [0, 0.1) is 0 Å². The zero-order chi connectivity index (χ0) is 69.8. The molecule has 21 rings (SSSR count). The van der Waals surface area contributed by atoms with Crippen LogP contribution in [0.15, 0.2) is 382 Å². The van der Waals surface area contributed by atoms with Crippen molar-refractivity contribution in [1.82, 2.24) is 33.2 Å². The molecule has 7 nitrogen and oxygen atoms in total. The average molecular weight is 1350 g/mol. The summed E-state index contributed by atoms with van der Waals surface area (Å²) in [7, 11) is 0. The molecule has 16 aromatic carbocycles. The third-order valence-corrected chi connectivity index (χ3v) is 21.4. The Morgan fingerprint density at radius 2 is 0.453 bits per heavy atom. The minimum absolute atomic E-state index is 0.503. The summed E-state index contributed by atoms with van der Waals surface area (Å²) >= 11 is 0. The lowest BCUT2D eigenvalue weighted by atomic mass is 9.89. The van der Waals surface area contributed by atoms with E-state index < -0.39 is 0 Å². The van der Waals surface area contributed by atoms with Crippen LogP contribution in [-0.2, 0) is 0 Å². The fourth-order valence-electron chi connectivity index (χ4n) is 16.6. The highest BCUT2D eigenvalue weighted by atomic mass is 15.2. The Labute approximate surface area is 611 Å². The van der Waals surface area contributed by atoms with E-state index in [-0.39, 0.29) is 0 Å². The standard InChI is InChI=1S/C99H63N7/c1-5-25-64(26-6-1)66-29-21-31-72(57-66)78-43-24-44-79(73-32-22-30-67(58-73)65-27-7-2-8-28-65)96(78)98-100-97(101-99(102-98)106-91-48-20-16-42-83(91)87-63-71(52-56-95(87)106)69-50-54-93-85(61-69)81-40-14-18-46-89(81)104(93)76-36-11-4-12-37-76)74-33-23-38-77(59-74)105-90-47-19-15-41-82(90)86-62-70(51-55-94(86)105)68-49-53-92-84(60-68)80-39-13-17-45-88(80)103(92)75-34-9-3-10-35-75/h1-63H. The van der Waals surface area contributed by atoms with E-state index in [0.717, 1.165) is 139 Å². The monoisotopic (exact) mass is 1350 g/mol. The van der Waals surface area contributed by atoms with E-state index in [1.807, 2.05) is 0 Å². The molecular weight excluding hydrogens is 1290 g/mol. The van der Waals surface area contributed by atoms with Crippen LogP contribution >= 0.6 is 0 Å². The van der Waals surface area contributed by atoms with Crippen LogP contribution in [0.2, 0.25) is 0 Å². The second kappa shape index (κ2) is 24.8. The lowest BCUT2D eigenvalue weighted by Crippen LogP contribution is -2.07. The van der Waals surface area contributed by atoms with Gasteiger partial charge in [0.25, 0.3) is 0 Å². The van der Waals surface area contributed by atoms with Crippen LogP contribution in [0.5, 0.6) is 0 Å². The molecule has 0 unspecified atom stereocenters. The van der Waals surface area contributed by atoms with Gasteiger partial charge in [0.05, 0.1) is 44.1 Å². The maximum absolute atomic E-state index is 5.84. The maximum Gasteiger partial charge on any atom is 0.238 e. The molecular formula is C99H63N7. The summed E-state index contributed by atoms with van der Waals surface area (Å²) < 4.78 is 9.40. The average Bonchev–Trinajstić information content (AvgIpc) is 1.54. The molecule has 5 aromatic heterocycles. The molecule has 106 heavy (non-hydrogen) atoms. The summed E-state index contributed by atoms with van der Waals surface area (Å²) in [5, 5.41) is 9.37. The highest BCUT2D eigenvalue weighted by molar-refractivity contribution is 6.15. The Bertz CT molecular complexity index is 6960. The second-order valence-electron chi connectivity index (χ2n) is 27.5. The van der Waals surface area contributed by atoms with Gasteiger partial charge in [-0.3, -0.25) is 4.57 Å². The molecule has 0 bridgehead atoms. The number of benzene rings is 16. The summed E-state index contributed by atoms with van der Waals surface area (Å²) in [6.07, 6.45) is 0. The van der Waals surface area contributed by atoms with Crippen molar-refractivity contribution >= 4 is 87.2 Å². The molecule has 0 aliphatic carbocycles. The molecule has 0 spiro atoms. The molecule has 5 heterocycles. The van der Waals surface area contributed by atoms with Gasteiger partial charge in [0.15, 0.2) is 11.6 Å². The highest BCUT2D eigenvalue weighted by Gasteiger charge is 2.25. The molecule has 0 atom stereocenters. The number of aromatic nitrogens is 7. The van der Waals surface area contributed by atoms with E-state index in [2.05, 4.69) is 400 Å². The maximum atomic E-state index is 5.84. The summed E-state index contributed by atoms with van der Waals surface area (Å²) in [6.45, 7) is 0. The first kappa shape index (κ1) is 60.5. The summed E-state index contributed by atoms with van der Waals surface area (Å²) in [4.78, 5) is 17.4. The van der Waals surface area contributed by atoms with Crippen molar-refractivity contribution in [3.8, 4) is 113 Å². The van der Waals surface area contributed by atoms with E-state index in [0.29, 0.717) is 17.6 Å². The molecule has 0 radical (unpaired) electrons. The number of hydrogen-bond donors (Lipinski definition) is 0. The largest absolute Gasteiger partial charge is 0.309 e. The lowest BCUT2D eigenvalue weighted by Gasteiger charge is -2.18. The molecule has 0 amide bonds. The predicted molar refractivity (Wildman–Crippen MR) is 441 cm³/mol. The topological polar surface area (TPSA) is 58.4 Å². The van der Waals surface area contributed by atoms with Crippen molar-refractivity contribution in [2.45, 2.75) is 0 Å². The Kier molecular flexibility index (Phi) is 14.1. The van der Waals surface area contributed by atoms with E-state index in [1.165, 1.54) is 43.5 Å². The zero-order valence-corrected chi connectivity index (χ0v) is 57.5. The van der Waals surface area contributed by atoms with E-state index >= 15 is 0 Å². The highest BCUT2D eigenvalue weighted by Crippen LogP contribution is 2.45. The van der Waals surface area contributed by atoms with E-state index in [9.17, 15) is 0 Å². The van der Waals surface area contributed by atoms with E-state index in [4.69, 9.17) is 15.0 Å². The van der Waals surface area contributed by atoms with Gasteiger partial charge in [0.1, 0.15) is 0 Å². The normalized spacial score (nSPS) is 11.8. The van der Waals surface area contributed by atoms with Crippen LogP contribution in [-0.4, -0.2) is 33.2 Å². The Morgan fingerprint density at radius 1 is 0.160 bits per heavy atom. The second-order valence-corrected chi connectivity index (χ2v) is 27.5. The Hall–Kier alpha value is -14.3. The quantitative estimate of drug-likeness (QED) is 0.122. The summed E-state index contributed by atoms with van der Waals surface area (Å²) in [6, 6.07) is 138. The van der Waals surface area contributed by atoms with Crippen molar-refractivity contribution < 1.29 is 0 Å². The predicted octanol–water partition coefficient (Wildman–Crippen LogP) is 25.6. The van der Waals surface area contributed by atoms with Gasteiger partial charge in [0.2, 0.25) is 5.95 Å². The Morgan fingerprint density at radius 3 is 0.887 bits per heavy atom. The summed E-state index contributed by atoms with van der Waals surface area (Å²) in [5.41, 5.74) is 27.0. The SMILES string of the molecule is c1ccc(-c2cccc(-c3cccc(-c4cccc(-c5ccccc5)c4)c3-c3nc(-c4cccc(-n5c6ccccc6c6cc(-c7ccc8c(c7)c7ccccc7n8-c7ccccc7)ccc65)c4)nc(-n4c5ccccc5c5cc(-c6ccc7c(c6)c6ccccc6n7-c6ccccc6)ccc54)n3)c2)cc1. The molecule has 494 valence electrons.